The number of carbonyl (C=O) groups is 1. The molecule has 0 N–H and O–H groups in total. The lowest BCUT2D eigenvalue weighted by Crippen LogP contribution is -2.48. The molecule has 1 aromatic carbocycles. The highest BCUT2D eigenvalue weighted by Gasteiger charge is 2.36. The van der Waals surface area contributed by atoms with Gasteiger partial charge in [-0.05, 0) is 24.1 Å². The van der Waals surface area contributed by atoms with Crippen LogP contribution in [0.25, 0.3) is 0 Å². The maximum Gasteiger partial charge on any atom is 0.445 e. The molecule has 11 heteroatoms. The summed E-state index contributed by atoms with van der Waals surface area (Å²) in [5.74, 6) is 1.44. The van der Waals surface area contributed by atoms with Gasteiger partial charge in [-0.25, -0.2) is 0 Å². The SMILES string of the molecule is O=C(CCc1ccc2c(c1)OCCO2)N1CCN(c2nnc(C(F)(F)F)s2)CC1. The van der Waals surface area contributed by atoms with E-state index in [2.05, 4.69) is 10.2 Å². The van der Waals surface area contributed by atoms with Gasteiger partial charge in [0.2, 0.25) is 16.0 Å². The summed E-state index contributed by atoms with van der Waals surface area (Å²) < 4.78 is 49.1. The normalized spacial score (nSPS) is 16.8. The second-order valence-corrected chi connectivity index (χ2v) is 7.69. The third kappa shape index (κ3) is 4.55. The maximum absolute atomic E-state index is 12.7. The Hall–Kier alpha value is -2.56. The van der Waals surface area contributed by atoms with Gasteiger partial charge in [0, 0.05) is 32.6 Å². The van der Waals surface area contributed by atoms with E-state index in [1.807, 2.05) is 18.2 Å². The Kier molecular flexibility index (Phi) is 5.48. The molecular weight excluding hydrogens is 409 g/mol. The summed E-state index contributed by atoms with van der Waals surface area (Å²) in [6, 6.07) is 5.67. The number of ether oxygens (including phenoxy) is 2. The molecule has 7 nitrogen and oxygen atoms in total. The molecule has 156 valence electrons. The number of aromatic nitrogens is 2. The van der Waals surface area contributed by atoms with Gasteiger partial charge >= 0.3 is 6.18 Å². The number of alkyl halides is 3. The average molecular weight is 428 g/mol. The monoisotopic (exact) mass is 428 g/mol. The molecule has 1 aromatic heterocycles. The van der Waals surface area contributed by atoms with Crippen molar-refractivity contribution in [1.29, 1.82) is 0 Å². The van der Waals surface area contributed by atoms with Gasteiger partial charge in [-0.15, -0.1) is 10.2 Å². The van der Waals surface area contributed by atoms with E-state index in [0.29, 0.717) is 75.1 Å². The fourth-order valence-corrected chi connectivity index (χ4v) is 4.02. The number of amides is 1. The lowest BCUT2D eigenvalue weighted by Gasteiger charge is -2.34. The highest BCUT2D eigenvalue weighted by molar-refractivity contribution is 7.15. The van der Waals surface area contributed by atoms with Gasteiger partial charge in [0.1, 0.15) is 13.2 Å². The lowest BCUT2D eigenvalue weighted by atomic mass is 10.1. The number of anilines is 1. The fourth-order valence-electron chi connectivity index (χ4n) is 3.26. The van der Waals surface area contributed by atoms with Crippen LogP contribution in [0.4, 0.5) is 18.3 Å². The number of hydrogen-bond donors (Lipinski definition) is 0. The zero-order valence-corrected chi connectivity index (χ0v) is 16.3. The van der Waals surface area contributed by atoms with Crippen LogP contribution in [0.15, 0.2) is 18.2 Å². The van der Waals surface area contributed by atoms with Crippen molar-refractivity contribution in [2.75, 3.05) is 44.3 Å². The second-order valence-electron chi connectivity index (χ2n) is 6.73. The molecule has 0 aliphatic carbocycles. The lowest BCUT2D eigenvalue weighted by molar-refractivity contribution is -0.138. The molecule has 2 aromatic rings. The summed E-state index contributed by atoms with van der Waals surface area (Å²) in [6.45, 7) is 2.80. The molecule has 2 aliphatic rings. The minimum Gasteiger partial charge on any atom is -0.486 e. The summed E-state index contributed by atoms with van der Waals surface area (Å²) >= 11 is 0.528. The molecule has 3 heterocycles. The van der Waals surface area contributed by atoms with Crippen LogP contribution in [-0.2, 0) is 17.4 Å². The van der Waals surface area contributed by atoms with E-state index in [-0.39, 0.29) is 11.0 Å². The van der Waals surface area contributed by atoms with Gasteiger partial charge in [0.25, 0.3) is 0 Å². The van der Waals surface area contributed by atoms with Crippen LogP contribution in [-0.4, -0.2) is 60.4 Å². The third-order valence-electron chi connectivity index (χ3n) is 4.79. The molecule has 1 fully saturated rings. The molecule has 0 radical (unpaired) electrons. The third-order valence-corrected chi connectivity index (χ3v) is 5.82. The Bertz CT molecular complexity index is 881. The Labute approximate surface area is 169 Å². The predicted molar refractivity (Wildman–Crippen MR) is 99.5 cm³/mol. The summed E-state index contributed by atoms with van der Waals surface area (Å²) in [6.07, 6.45) is -3.54. The molecule has 0 atom stereocenters. The Morgan fingerprint density at radius 3 is 2.48 bits per heavy atom. The van der Waals surface area contributed by atoms with Gasteiger partial charge in [-0.3, -0.25) is 4.79 Å². The summed E-state index contributed by atoms with van der Waals surface area (Å²) in [4.78, 5) is 16.0. The molecule has 0 unspecified atom stereocenters. The molecule has 29 heavy (non-hydrogen) atoms. The van der Waals surface area contributed by atoms with E-state index in [1.165, 1.54) is 0 Å². The van der Waals surface area contributed by atoms with Crippen LogP contribution in [0.3, 0.4) is 0 Å². The number of hydrogen-bond acceptors (Lipinski definition) is 7. The molecular formula is C18H19F3N4O3S. The van der Waals surface area contributed by atoms with Crippen LogP contribution < -0.4 is 14.4 Å². The number of rotatable bonds is 4. The zero-order valence-electron chi connectivity index (χ0n) is 15.4. The summed E-state index contributed by atoms with van der Waals surface area (Å²) in [5, 5.41) is 6.13. The minimum absolute atomic E-state index is 0.0211. The molecule has 0 saturated carbocycles. The number of carbonyl (C=O) groups excluding carboxylic acids is 1. The molecule has 0 bridgehead atoms. The molecule has 1 amide bonds. The van der Waals surface area contributed by atoms with E-state index >= 15 is 0 Å². The van der Waals surface area contributed by atoms with E-state index < -0.39 is 11.2 Å². The highest BCUT2D eigenvalue weighted by atomic mass is 32.1. The zero-order chi connectivity index (χ0) is 20.4. The van der Waals surface area contributed by atoms with E-state index in [1.54, 1.807) is 9.80 Å². The topological polar surface area (TPSA) is 67.8 Å². The number of aryl methyl sites for hydroxylation is 1. The van der Waals surface area contributed by atoms with Crippen molar-refractivity contribution in [2.24, 2.45) is 0 Å². The molecule has 2 aliphatic heterocycles. The average Bonchev–Trinajstić information content (AvgIpc) is 3.23. The highest BCUT2D eigenvalue weighted by Crippen LogP contribution is 2.34. The molecule has 1 saturated heterocycles. The van der Waals surface area contributed by atoms with Crippen molar-refractivity contribution in [3.8, 4) is 11.5 Å². The van der Waals surface area contributed by atoms with Crippen LogP contribution >= 0.6 is 11.3 Å². The molecule has 0 spiro atoms. The minimum atomic E-state index is -4.48. The van der Waals surface area contributed by atoms with E-state index in [0.717, 1.165) is 5.56 Å². The summed E-state index contributed by atoms with van der Waals surface area (Å²) in [5.41, 5.74) is 0.995. The fraction of sp³-hybridized carbons (Fsp3) is 0.500. The van der Waals surface area contributed by atoms with Crippen LogP contribution in [0.1, 0.15) is 17.0 Å². The molecule has 4 rings (SSSR count). The second kappa shape index (κ2) is 8.05. The van der Waals surface area contributed by atoms with Crippen molar-refractivity contribution < 1.29 is 27.4 Å². The van der Waals surface area contributed by atoms with E-state index in [4.69, 9.17) is 9.47 Å². The van der Waals surface area contributed by atoms with Gasteiger partial charge in [-0.2, -0.15) is 13.2 Å². The van der Waals surface area contributed by atoms with Crippen LogP contribution in [0, 0.1) is 0 Å². The maximum atomic E-state index is 12.7. The number of fused-ring (bicyclic) bond motifs is 1. The smallest absolute Gasteiger partial charge is 0.445 e. The quantitative estimate of drug-likeness (QED) is 0.746. The van der Waals surface area contributed by atoms with Crippen molar-refractivity contribution in [3.63, 3.8) is 0 Å². The van der Waals surface area contributed by atoms with Gasteiger partial charge in [0.05, 0.1) is 0 Å². The van der Waals surface area contributed by atoms with E-state index in [9.17, 15) is 18.0 Å². The summed E-state index contributed by atoms with van der Waals surface area (Å²) in [7, 11) is 0. The number of nitrogens with zero attached hydrogens (tertiary/aromatic N) is 4. The first-order valence-corrected chi connectivity index (χ1v) is 10.0. The predicted octanol–water partition coefficient (Wildman–Crippen LogP) is 2.61. The Morgan fingerprint density at radius 1 is 1.07 bits per heavy atom. The van der Waals surface area contributed by atoms with Gasteiger partial charge in [0.15, 0.2) is 11.5 Å². The Morgan fingerprint density at radius 2 is 1.79 bits per heavy atom. The van der Waals surface area contributed by atoms with Crippen molar-refractivity contribution in [1.82, 2.24) is 15.1 Å². The largest absolute Gasteiger partial charge is 0.486 e. The van der Waals surface area contributed by atoms with Crippen molar-refractivity contribution in [3.05, 3.63) is 28.8 Å². The first-order valence-electron chi connectivity index (χ1n) is 9.22. The van der Waals surface area contributed by atoms with Crippen molar-refractivity contribution >= 4 is 22.4 Å². The Balaban J connectivity index is 1.27. The number of piperazine rings is 1. The number of benzene rings is 1. The van der Waals surface area contributed by atoms with Crippen LogP contribution in [0.2, 0.25) is 0 Å². The van der Waals surface area contributed by atoms with Crippen LogP contribution in [0.5, 0.6) is 11.5 Å². The van der Waals surface area contributed by atoms with Gasteiger partial charge in [-0.1, -0.05) is 17.4 Å². The first kappa shape index (κ1) is 19.7. The standard InChI is InChI=1S/C18H19F3N4O3S/c19-18(20,21)16-22-23-17(29-16)25-7-5-24(6-8-25)15(26)4-2-12-1-3-13-14(11-12)28-10-9-27-13/h1,3,11H,2,4-10H2. The van der Waals surface area contributed by atoms with Gasteiger partial charge < -0.3 is 19.3 Å². The first-order chi connectivity index (χ1) is 13.9. The van der Waals surface area contributed by atoms with Crippen molar-refractivity contribution in [2.45, 2.75) is 19.0 Å². The number of halogens is 3.